The molecular formula is C18H20FN3O2. The van der Waals surface area contributed by atoms with Gasteiger partial charge in [0.2, 0.25) is 11.8 Å². The van der Waals surface area contributed by atoms with Crippen LogP contribution < -0.4 is 4.74 Å². The van der Waals surface area contributed by atoms with Crippen molar-refractivity contribution in [1.29, 1.82) is 0 Å². The molecule has 1 aliphatic rings. The molecule has 0 aliphatic carbocycles. The summed E-state index contributed by atoms with van der Waals surface area (Å²) in [4.78, 5) is 14.2. The van der Waals surface area contributed by atoms with Gasteiger partial charge in [-0.2, -0.15) is 5.10 Å². The van der Waals surface area contributed by atoms with Crippen molar-refractivity contribution in [3.05, 3.63) is 53.5 Å². The number of aryl methyl sites for hydroxylation is 1. The Morgan fingerprint density at radius 1 is 1.25 bits per heavy atom. The molecular weight excluding hydrogens is 309 g/mol. The predicted molar refractivity (Wildman–Crippen MR) is 87.1 cm³/mol. The molecule has 1 unspecified atom stereocenters. The highest BCUT2D eigenvalue weighted by atomic mass is 19.1. The minimum Gasteiger partial charge on any atom is -0.471 e. The van der Waals surface area contributed by atoms with Crippen LogP contribution >= 0.6 is 0 Å². The Morgan fingerprint density at radius 2 is 2.04 bits per heavy atom. The summed E-state index contributed by atoms with van der Waals surface area (Å²) in [6.45, 7) is 3.13. The number of rotatable bonds is 4. The van der Waals surface area contributed by atoms with Crippen LogP contribution in [-0.4, -0.2) is 40.2 Å². The van der Waals surface area contributed by atoms with Crippen LogP contribution in [0.25, 0.3) is 0 Å². The summed E-state index contributed by atoms with van der Waals surface area (Å²) in [7, 11) is 0. The van der Waals surface area contributed by atoms with Crippen LogP contribution in [-0.2, 0) is 11.2 Å². The number of aromatic nitrogens is 2. The smallest absolute Gasteiger partial charge is 0.233 e. The molecule has 6 heteroatoms. The molecule has 1 saturated heterocycles. The van der Waals surface area contributed by atoms with Crippen LogP contribution in [0, 0.1) is 12.7 Å². The zero-order chi connectivity index (χ0) is 16.9. The van der Waals surface area contributed by atoms with Crippen molar-refractivity contribution in [1.82, 2.24) is 15.1 Å². The minimum absolute atomic E-state index is 0.0323. The zero-order valence-electron chi connectivity index (χ0n) is 13.6. The monoisotopic (exact) mass is 329 g/mol. The van der Waals surface area contributed by atoms with E-state index >= 15 is 0 Å². The third-order valence-corrected chi connectivity index (χ3v) is 4.06. The number of amides is 1. The SMILES string of the molecule is Cc1ccc(OC2CCCN(C(=O)Cc3ccc(F)cc3)C2)nn1. The fourth-order valence-electron chi connectivity index (χ4n) is 2.77. The van der Waals surface area contributed by atoms with Gasteiger partial charge in [0.05, 0.1) is 18.7 Å². The van der Waals surface area contributed by atoms with Gasteiger partial charge in [-0.05, 0) is 43.5 Å². The van der Waals surface area contributed by atoms with Gasteiger partial charge in [0, 0.05) is 12.6 Å². The van der Waals surface area contributed by atoms with E-state index in [4.69, 9.17) is 4.74 Å². The molecule has 0 saturated carbocycles. The third-order valence-electron chi connectivity index (χ3n) is 4.06. The molecule has 2 aromatic rings. The number of likely N-dealkylation sites (tertiary alicyclic amines) is 1. The Kier molecular flexibility index (Phi) is 5.03. The Morgan fingerprint density at radius 3 is 2.75 bits per heavy atom. The maximum atomic E-state index is 12.9. The summed E-state index contributed by atoms with van der Waals surface area (Å²) in [5, 5.41) is 7.98. The second-order valence-electron chi connectivity index (χ2n) is 6.04. The summed E-state index contributed by atoms with van der Waals surface area (Å²) in [5.74, 6) is 0.222. The van der Waals surface area contributed by atoms with Gasteiger partial charge in [-0.15, -0.1) is 5.10 Å². The van der Waals surface area contributed by atoms with E-state index < -0.39 is 0 Å². The molecule has 0 spiro atoms. The topological polar surface area (TPSA) is 55.3 Å². The van der Waals surface area contributed by atoms with Gasteiger partial charge in [0.25, 0.3) is 0 Å². The summed E-state index contributed by atoms with van der Waals surface area (Å²) in [6, 6.07) is 9.69. The summed E-state index contributed by atoms with van der Waals surface area (Å²) >= 11 is 0. The molecule has 5 nitrogen and oxygen atoms in total. The van der Waals surface area contributed by atoms with E-state index in [-0.39, 0.29) is 24.2 Å². The van der Waals surface area contributed by atoms with Gasteiger partial charge < -0.3 is 9.64 Å². The van der Waals surface area contributed by atoms with E-state index in [0.29, 0.717) is 12.4 Å². The van der Waals surface area contributed by atoms with E-state index in [1.165, 1.54) is 12.1 Å². The molecule has 1 atom stereocenters. The molecule has 0 radical (unpaired) electrons. The molecule has 0 N–H and O–H groups in total. The number of benzene rings is 1. The number of halogens is 1. The van der Waals surface area contributed by atoms with E-state index in [1.54, 1.807) is 23.1 Å². The lowest BCUT2D eigenvalue weighted by Crippen LogP contribution is -2.45. The maximum Gasteiger partial charge on any atom is 0.233 e. The second-order valence-corrected chi connectivity index (χ2v) is 6.04. The van der Waals surface area contributed by atoms with Crippen LogP contribution in [0.1, 0.15) is 24.1 Å². The lowest BCUT2D eigenvalue weighted by Gasteiger charge is -2.32. The zero-order valence-corrected chi connectivity index (χ0v) is 13.6. The molecule has 1 aliphatic heterocycles. The first-order chi connectivity index (χ1) is 11.6. The maximum absolute atomic E-state index is 12.9. The molecule has 3 rings (SSSR count). The molecule has 1 aromatic carbocycles. The standard InChI is InChI=1S/C18H20FN3O2/c1-13-4-9-17(21-20-13)24-16-3-2-10-22(12-16)18(23)11-14-5-7-15(19)8-6-14/h4-9,16H,2-3,10-12H2,1H3. The number of ether oxygens (including phenoxy) is 1. The van der Waals surface area contributed by atoms with Gasteiger partial charge in [0.15, 0.2) is 0 Å². The first-order valence-corrected chi connectivity index (χ1v) is 8.09. The fraction of sp³-hybridized carbons (Fsp3) is 0.389. The average Bonchev–Trinajstić information content (AvgIpc) is 2.59. The van der Waals surface area contributed by atoms with Crippen molar-refractivity contribution in [3.8, 4) is 5.88 Å². The van der Waals surface area contributed by atoms with Gasteiger partial charge in [-0.3, -0.25) is 4.79 Å². The highest BCUT2D eigenvalue weighted by molar-refractivity contribution is 5.78. The normalized spacial score (nSPS) is 17.6. The molecule has 24 heavy (non-hydrogen) atoms. The van der Waals surface area contributed by atoms with E-state index in [0.717, 1.165) is 30.6 Å². The molecule has 2 heterocycles. The van der Waals surface area contributed by atoms with Crippen molar-refractivity contribution >= 4 is 5.91 Å². The van der Waals surface area contributed by atoms with Crippen molar-refractivity contribution in [2.45, 2.75) is 32.3 Å². The van der Waals surface area contributed by atoms with E-state index in [2.05, 4.69) is 10.2 Å². The Bertz CT molecular complexity index is 688. The van der Waals surface area contributed by atoms with Gasteiger partial charge in [0.1, 0.15) is 11.9 Å². The molecule has 1 fully saturated rings. The van der Waals surface area contributed by atoms with Crippen LogP contribution in [0.15, 0.2) is 36.4 Å². The number of piperidine rings is 1. The third kappa shape index (κ3) is 4.28. The second kappa shape index (κ2) is 7.38. The molecule has 1 amide bonds. The predicted octanol–water partition coefficient (Wildman–Crippen LogP) is 2.54. The quantitative estimate of drug-likeness (QED) is 0.865. The number of carbonyl (C=O) groups is 1. The van der Waals surface area contributed by atoms with Gasteiger partial charge in [-0.25, -0.2) is 4.39 Å². The van der Waals surface area contributed by atoms with E-state index in [9.17, 15) is 9.18 Å². The Hall–Kier alpha value is -2.50. The van der Waals surface area contributed by atoms with Gasteiger partial charge >= 0.3 is 0 Å². The summed E-state index contributed by atoms with van der Waals surface area (Å²) in [6.07, 6.45) is 1.97. The Balaban J connectivity index is 1.57. The van der Waals surface area contributed by atoms with Gasteiger partial charge in [-0.1, -0.05) is 12.1 Å². The van der Waals surface area contributed by atoms with Crippen molar-refractivity contribution < 1.29 is 13.9 Å². The van der Waals surface area contributed by atoms with Crippen LogP contribution in [0.2, 0.25) is 0 Å². The number of nitrogens with zero attached hydrogens (tertiary/aromatic N) is 3. The Labute approximate surface area is 140 Å². The van der Waals surface area contributed by atoms with E-state index in [1.807, 2.05) is 13.0 Å². The van der Waals surface area contributed by atoms with Crippen molar-refractivity contribution in [3.63, 3.8) is 0 Å². The van der Waals surface area contributed by atoms with Crippen LogP contribution in [0.4, 0.5) is 4.39 Å². The number of hydrogen-bond acceptors (Lipinski definition) is 4. The largest absolute Gasteiger partial charge is 0.471 e. The lowest BCUT2D eigenvalue weighted by atomic mass is 10.1. The first-order valence-electron chi connectivity index (χ1n) is 8.09. The molecule has 0 bridgehead atoms. The molecule has 1 aromatic heterocycles. The van der Waals surface area contributed by atoms with Crippen LogP contribution in [0.5, 0.6) is 5.88 Å². The molecule has 126 valence electrons. The van der Waals surface area contributed by atoms with Crippen molar-refractivity contribution in [2.75, 3.05) is 13.1 Å². The first kappa shape index (κ1) is 16.4. The highest BCUT2D eigenvalue weighted by Crippen LogP contribution is 2.17. The number of hydrogen-bond donors (Lipinski definition) is 0. The number of carbonyl (C=O) groups excluding carboxylic acids is 1. The minimum atomic E-state index is -0.295. The highest BCUT2D eigenvalue weighted by Gasteiger charge is 2.25. The summed E-state index contributed by atoms with van der Waals surface area (Å²) in [5.41, 5.74) is 1.65. The summed E-state index contributed by atoms with van der Waals surface area (Å²) < 4.78 is 18.8. The lowest BCUT2D eigenvalue weighted by molar-refractivity contribution is -0.133. The van der Waals surface area contributed by atoms with Crippen molar-refractivity contribution in [2.24, 2.45) is 0 Å². The van der Waals surface area contributed by atoms with Crippen LogP contribution in [0.3, 0.4) is 0 Å². The fourth-order valence-corrected chi connectivity index (χ4v) is 2.77. The average molecular weight is 329 g/mol.